The first-order valence-corrected chi connectivity index (χ1v) is 6.84. The summed E-state index contributed by atoms with van der Waals surface area (Å²) in [5.41, 5.74) is -0.455. The van der Waals surface area contributed by atoms with Crippen LogP contribution in [0.1, 0.15) is 53.4 Å². The summed E-state index contributed by atoms with van der Waals surface area (Å²) < 4.78 is 10.3. The van der Waals surface area contributed by atoms with Gasteiger partial charge >= 0.3 is 6.16 Å². The van der Waals surface area contributed by atoms with E-state index < -0.39 is 17.7 Å². The van der Waals surface area contributed by atoms with Crippen LogP contribution in [0, 0.1) is 11.3 Å². The number of ether oxygens (including phenoxy) is 2. The van der Waals surface area contributed by atoms with Gasteiger partial charge in [-0.1, -0.05) is 27.7 Å². The third-order valence-corrected chi connectivity index (χ3v) is 3.56. The molecule has 0 spiro atoms. The van der Waals surface area contributed by atoms with E-state index in [9.17, 15) is 9.90 Å². The van der Waals surface area contributed by atoms with Crippen molar-refractivity contribution in [1.29, 1.82) is 0 Å². The molecule has 0 saturated heterocycles. The third kappa shape index (κ3) is 4.48. The molecule has 1 unspecified atom stereocenters. The normalized spacial score (nSPS) is 19.0. The van der Waals surface area contributed by atoms with Crippen molar-refractivity contribution in [3.05, 3.63) is 0 Å². The molecule has 4 heteroatoms. The lowest BCUT2D eigenvalue weighted by molar-refractivity contribution is -0.0468. The fourth-order valence-electron chi connectivity index (χ4n) is 2.41. The zero-order chi connectivity index (χ0) is 13.8. The lowest BCUT2D eigenvalue weighted by Gasteiger charge is -2.32. The molecule has 0 aliphatic heterocycles. The summed E-state index contributed by atoms with van der Waals surface area (Å²) in [6.07, 6.45) is 3.03. The number of carbonyl (C=O) groups is 1. The van der Waals surface area contributed by atoms with E-state index in [1.54, 1.807) is 0 Å². The Morgan fingerprint density at radius 1 is 1.33 bits per heavy atom. The van der Waals surface area contributed by atoms with Crippen LogP contribution in [0.3, 0.4) is 0 Å². The van der Waals surface area contributed by atoms with E-state index >= 15 is 0 Å². The average molecular weight is 258 g/mol. The lowest BCUT2D eigenvalue weighted by atomic mass is 9.81. The Morgan fingerprint density at radius 2 is 1.89 bits per heavy atom. The van der Waals surface area contributed by atoms with Crippen molar-refractivity contribution in [2.45, 2.75) is 65.6 Å². The van der Waals surface area contributed by atoms with Gasteiger partial charge in [-0.25, -0.2) is 4.79 Å². The first kappa shape index (κ1) is 15.3. The molecule has 0 bridgehead atoms. The van der Waals surface area contributed by atoms with E-state index in [0.29, 0.717) is 0 Å². The highest BCUT2D eigenvalue weighted by Gasteiger charge is 2.32. The van der Waals surface area contributed by atoms with Gasteiger partial charge in [-0.3, -0.25) is 0 Å². The van der Waals surface area contributed by atoms with Crippen LogP contribution in [0.25, 0.3) is 0 Å². The van der Waals surface area contributed by atoms with E-state index in [2.05, 4.69) is 0 Å². The fourth-order valence-corrected chi connectivity index (χ4v) is 2.41. The molecule has 0 amide bonds. The number of hydrogen-bond donors (Lipinski definition) is 1. The Labute approximate surface area is 110 Å². The van der Waals surface area contributed by atoms with Gasteiger partial charge in [-0.15, -0.1) is 0 Å². The molecule has 0 aromatic heterocycles. The summed E-state index contributed by atoms with van der Waals surface area (Å²) in [5.74, 6) is 0.134. The number of rotatable bonds is 5. The highest BCUT2D eigenvalue weighted by atomic mass is 16.7. The summed E-state index contributed by atoms with van der Waals surface area (Å²) in [4.78, 5) is 11.5. The Morgan fingerprint density at radius 3 is 2.39 bits per heavy atom. The zero-order valence-corrected chi connectivity index (χ0v) is 11.9. The highest BCUT2D eigenvalue weighted by molar-refractivity contribution is 5.60. The summed E-state index contributed by atoms with van der Waals surface area (Å²) in [5, 5.41) is 10.0. The van der Waals surface area contributed by atoms with Crippen molar-refractivity contribution in [3.63, 3.8) is 0 Å². The smallest absolute Gasteiger partial charge is 0.434 e. The third-order valence-electron chi connectivity index (χ3n) is 3.56. The van der Waals surface area contributed by atoms with Crippen molar-refractivity contribution >= 4 is 6.16 Å². The molecule has 18 heavy (non-hydrogen) atoms. The largest absolute Gasteiger partial charge is 0.508 e. The number of aliphatic hydroxyl groups excluding tert-OH is 1. The Hall–Kier alpha value is -0.770. The zero-order valence-electron chi connectivity index (χ0n) is 11.9. The molecule has 0 radical (unpaired) electrons. The minimum atomic E-state index is -0.606. The van der Waals surface area contributed by atoms with Gasteiger partial charge in [-0.2, -0.15) is 0 Å². The van der Waals surface area contributed by atoms with Crippen molar-refractivity contribution < 1.29 is 19.4 Å². The van der Waals surface area contributed by atoms with Crippen LogP contribution < -0.4 is 0 Å². The van der Waals surface area contributed by atoms with Gasteiger partial charge in [0.1, 0.15) is 12.7 Å². The quantitative estimate of drug-likeness (QED) is 0.770. The van der Waals surface area contributed by atoms with Crippen LogP contribution in [0.5, 0.6) is 0 Å². The molecule has 1 N–H and O–H groups in total. The first-order chi connectivity index (χ1) is 8.33. The maximum Gasteiger partial charge on any atom is 0.508 e. The van der Waals surface area contributed by atoms with Crippen molar-refractivity contribution in [2.75, 3.05) is 6.61 Å². The predicted octanol–water partition coefficient (Wildman–Crippen LogP) is 3.13. The first-order valence-electron chi connectivity index (χ1n) is 6.84. The molecule has 1 aliphatic rings. The van der Waals surface area contributed by atoms with Crippen LogP contribution in [0.15, 0.2) is 0 Å². The SMILES string of the molecule is CC(C)C(O)C(C)(C)COC(=O)OC1CCCC1. The average Bonchev–Trinajstić information content (AvgIpc) is 2.78. The second-order valence-corrected chi connectivity index (χ2v) is 6.24. The van der Waals surface area contributed by atoms with Gasteiger partial charge < -0.3 is 14.6 Å². The number of hydrogen-bond acceptors (Lipinski definition) is 4. The van der Waals surface area contributed by atoms with Crippen molar-refractivity contribution in [3.8, 4) is 0 Å². The van der Waals surface area contributed by atoms with Crippen molar-refractivity contribution in [1.82, 2.24) is 0 Å². The van der Waals surface area contributed by atoms with E-state index in [-0.39, 0.29) is 18.6 Å². The van der Waals surface area contributed by atoms with E-state index in [1.807, 2.05) is 27.7 Å². The van der Waals surface area contributed by atoms with Gasteiger partial charge in [0, 0.05) is 5.41 Å². The highest BCUT2D eigenvalue weighted by Crippen LogP contribution is 2.27. The molecule has 0 heterocycles. The van der Waals surface area contributed by atoms with Gasteiger partial charge in [0.25, 0.3) is 0 Å². The molecule has 0 aromatic rings. The molecule has 1 atom stereocenters. The van der Waals surface area contributed by atoms with Gasteiger partial charge in [0.2, 0.25) is 0 Å². The van der Waals surface area contributed by atoms with E-state index in [1.165, 1.54) is 0 Å². The standard InChI is InChI=1S/C14H26O4/c1-10(2)12(15)14(3,4)9-17-13(16)18-11-7-5-6-8-11/h10-12,15H,5-9H2,1-4H3. The summed E-state index contributed by atoms with van der Waals surface area (Å²) in [7, 11) is 0. The molecule has 1 aliphatic carbocycles. The molecule has 4 nitrogen and oxygen atoms in total. The van der Waals surface area contributed by atoms with Gasteiger partial charge in [-0.05, 0) is 31.6 Å². The predicted molar refractivity (Wildman–Crippen MR) is 69.3 cm³/mol. The minimum absolute atomic E-state index is 0.0237. The molecule has 1 fully saturated rings. The van der Waals surface area contributed by atoms with Crippen LogP contribution in [-0.4, -0.2) is 30.1 Å². The summed E-state index contributed by atoms with van der Waals surface area (Å²) in [6, 6.07) is 0. The van der Waals surface area contributed by atoms with E-state index in [0.717, 1.165) is 25.7 Å². The Balaban J connectivity index is 2.32. The van der Waals surface area contributed by atoms with Crippen molar-refractivity contribution in [2.24, 2.45) is 11.3 Å². The maximum absolute atomic E-state index is 11.5. The fraction of sp³-hybridized carbons (Fsp3) is 0.929. The lowest BCUT2D eigenvalue weighted by Crippen LogP contribution is -2.38. The molecular weight excluding hydrogens is 232 g/mol. The topological polar surface area (TPSA) is 55.8 Å². The summed E-state index contributed by atoms with van der Waals surface area (Å²) in [6.45, 7) is 7.85. The van der Waals surface area contributed by atoms with Crippen LogP contribution in [0.4, 0.5) is 4.79 Å². The van der Waals surface area contributed by atoms with E-state index in [4.69, 9.17) is 9.47 Å². The molecule has 106 valence electrons. The Bertz CT molecular complexity index is 267. The van der Waals surface area contributed by atoms with Crippen LogP contribution >= 0.6 is 0 Å². The maximum atomic E-state index is 11.5. The van der Waals surface area contributed by atoms with Crippen LogP contribution in [-0.2, 0) is 9.47 Å². The Kier molecular flexibility index (Phi) is 5.45. The minimum Gasteiger partial charge on any atom is -0.434 e. The molecule has 1 saturated carbocycles. The number of carbonyl (C=O) groups excluding carboxylic acids is 1. The molecule has 1 rings (SSSR count). The molecular formula is C14H26O4. The molecule has 0 aromatic carbocycles. The summed E-state index contributed by atoms with van der Waals surface area (Å²) >= 11 is 0. The monoisotopic (exact) mass is 258 g/mol. The van der Waals surface area contributed by atoms with Gasteiger partial charge in [0.05, 0.1) is 6.10 Å². The second-order valence-electron chi connectivity index (χ2n) is 6.24. The number of aliphatic hydroxyl groups is 1. The van der Waals surface area contributed by atoms with Crippen LogP contribution in [0.2, 0.25) is 0 Å². The second kappa shape index (κ2) is 6.41. The van der Waals surface area contributed by atoms with Gasteiger partial charge in [0.15, 0.2) is 0 Å².